The minimum Gasteiger partial charge on any atom is -0.478 e. The summed E-state index contributed by atoms with van der Waals surface area (Å²) >= 11 is 0.812. The Morgan fingerprint density at radius 2 is 1.95 bits per heavy atom. The fourth-order valence-corrected chi connectivity index (χ4v) is 1.89. The molecule has 0 atom stereocenters. The van der Waals surface area contributed by atoms with E-state index >= 15 is 0 Å². The molecule has 2 aromatic rings. The maximum Gasteiger partial charge on any atom is 0.433 e. The first-order valence-corrected chi connectivity index (χ1v) is 5.95. The molecule has 0 saturated heterocycles. The maximum absolute atomic E-state index is 12.5. The van der Waals surface area contributed by atoms with Crippen LogP contribution in [0, 0.1) is 0 Å². The Hall–Kier alpha value is -2.16. The van der Waals surface area contributed by atoms with Crippen LogP contribution in [-0.4, -0.2) is 26.0 Å². The van der Waals surface area contributed by atoms with Crippen LogP contribution >= 0.6 is 11.8 Å². The molecule has 0 saturated carbocycles. The van der Waals surface area contributed by atoms with Crippen molar-refractivity contribution in [3.63, 3.8) is 0 Å². The molecule has 104 valence electrons. The summed E-state index contributed by atoms with van der Waals surface area (Å²) in [6.07, 6.45) is -2.43. The zero-order valence-electron chi connectivity index (χ0n) is 9.63. The van der Waals surface area contributed by atoms with Gasteiger partial charge in [-0.3, -0.25) is 0 Å². The fraction of sp³-hybridized carbons (Fsp3) is 0.0909. The Labute approximate surface area is 114 Å². The second-order valence-corrected chi connectivity index (χ2v) is 4.50. The summed E-state index contributed by atoms with van der Waals surface area (Å²) in [5, 5.41) is 8.88. The number of hydrogen-bond donors (Lipinski definition) is 1. The number of pyridine rings is 1. The number of hydrogen-bond acceptors (Lipinski definition) is 5. The zero-order valence-corrected chi connectivity index (χ0v) is 10.4. The van der Waals surface area contributed by atoms with Crippen molar-refractivity contribution >= 4 is 17.7 Å². The first-order chi connectivity index (χ1) is 9.36. The number of carboxylic acid groups (broad SMARTS) is 1. The Balaban J connectivity index is 2.20. The molecular formula is C11H6F3N3O2S. The smallest absolute Gasteiger partial charge is 0.433 e. The lowest BCUT2D eigenvalue weighted by Crippen LogP contribution is -2.08. The minimum absolute atomic E-state index is 0.0145. The lowest BCUT2D eigenvalue weighted by molar-refractivity contribution is -0.141. The summed E-state index contributed by atoms with van der Waals surface area (Å²) < 4.78 is 37.4. The quantitative estimate of drug-likeness (QED) is 0.878. The summed E-state index contributed by atoms with van der Waals surface area (Å²) in [7, 11) is 0. The summed E-state index contributed by atoms with van der Waals surface area (Å²) in [6.45, 7) is 0. The van der Waals surface area contributed by atoms with E-state index in [4.69, 9.17) is 5.11 Å². The van der Waals surface area contributed by atoms with Crippen LogP contribution < -0.4 is 0 Å². The van der Waals surface area contributed by atoms with Gasteiger partial charge in [-0.15, -0.1) is 0 Å². The Kier molecular flexibility index (Phi) is 3.89. The highest BCUT2D eigenvalue weighted by molar-refractivity contribution is 7.99. The molecule has 5 nitrogen and oxygen atoms in total. The van der Waals surface area contributed by atoms with Gasteiger partial charge in [-0.2, -0.15) is 13.2 Å². The molecule has 0 fully saturated rings. The largest absolute Gasteiger partial charge is 0.478 e. The van der Waals surface area contributed by atoms with Crippen LogP contribution in [0.1, 0.15) is 16.1 Å². The molecule has 1 N–H and O–H groups in total. The molecule has 0 spiro atoms. The third-order valence-corrected chi connectivity index (χ3v) is 2.93. The van der Waals surface area contributed by atoms with Gasteiger partial charge in [-0.25, -0.2) is 19.7 Å². The Morgan fingerprint density at radius 3 is 2.50 bits per heavy atom. The van der Waals surface area contributed by atoms with Crippen LogP contribution in [0.25, 0.3) is 0 Å². The van der Waals surface area contributed by atoms with E-state index in [-0.39, 0.29) is 10.7 Å². The number of nitrogens with zero attached hydrogens (tertiary/aromatic N) is 3. The van der Waals surface area contributed by atoms with Crippen LogP contribution in [0.3, 0.4) is 0 Å². The van der Waals surface area contributed by atoms with Crippen molar-refractivity contribution in [2.24, 2.45) is 0 Å². The van der Waals surface area contributed by atoms with Crippen LogP contribution in [0.2, 0.25) is 0 Å². The number of alkyl halides is 3. The third kappa shape index (κ3) is 3.44. The SMILES string of the molecule is O=C(O)c1ccc(Sc2nccc(C(F)(F)F)n2)nc1. The molecule has 0 amide bonds. The van der Waals surface area contributed by atoms with Crippen molar-refractivity contribution < 1.29 is 23.1 Å². The summed E-state index contributed by atoms with van der Waals surface area (Å²) in [5.41, 5.74) is -1.06. The number of aromatic carboxylic acids is 1. The van der Waals surface area contributed by atoms with Gasteiger partial charge in [0.05, 0.1) is 5.56 Å². The van der Waals surface area contributed by atoms with Gasteiger partial charge in [0, 0.05) is 12.4 Å². The third-order valence-electron chi connectivity index (χ3n) is 2.10. The second-order valence-electron chi connectivity index (χ2n) is 3.51. The standard InChI is InChI=1S/C11H6F3N3O2S/c12-11(13,14)7-3-4-15-10(17-7)20-8-2-1-6(5-16-8)9(18)19/h1-5H,(H,18,19). The lowest BCUT2D eigenvalue weighted by atomic mass is 10.3. The molecule has 9 heteroatoms. The van der Waals surface area contributed by atoms with Gasteiger partial charge in [0.15, 0.2) is 5.16 Å². The van der Waals surface area contributed by atoms with Gasteiger partial charge in [-0.05, 0) is 30.0 Å². The highest BCUT2D eigenvalue weighted by Crippen LogP contribution is 2.29. The Bertz CT molecular complexity index is 632. The molecule has 2 heterocycles. The van der Waals surface area contributed by atoms with E-state index in [0.29, 0.717) is 5.03 Å². The minimum atomic E-state index is -4.54. The first-order valence-electron chi connectivity index (χ1n) is 5.14. The van der Waals surface area contributed by atoms with Crippen molar-refractivity contribution in [3.8, 4) is 0 Å². The number of carboxylic acids is 1. The average molecular weight is 301 g/mol. The first kappa shape index (κ1) is 14.3. The van der Waals surface area contributed by atoms with Crippen molar-refractivity contribution in [2.75, 3.05) is 0 Å². The van der Waals surface area contributed by atoms with E-state index in [2.05, 4.69) is 15.0 Å². The molecule has 2 rings (SSSR count). The van der Waals surface area contributed by atoms with Gasteiger partial charge in [-0.1, -0.05) is 0 Å². The average Bonchev–Trinajstić information content (AvgIpc) is 2.38. The second kappa shape index (κ2) is 5.45. The predicted molar refractivity (Wildman–Crippen MR) is 62.4 cm³/mol. The van der Waals surface area contributed by atoms with Crippen molar-refractivity contribution in [1.82, 2.24) is 15.0 Å². The van der Waals surface area contributed by atoms with E-state index in [1.807, 2.05) is 0 Å². The van der Waals surface area contributed by atoms with Crippen LogP contribution in [0.5, 0.6) is 0 Å². The van der Waals surface area contributed by atoms with E-state index in [9.17, 15) is 18.0 Å². The fourth-order valence-electron chi connectivity index (χ4n) is 1.21. The van der Waals surface area contributed by atoms with E-state index in [1.54, 1.807) is 0 Å². The van der Waals surface area contributed by atoms with Crippen molar-refractivity contribution in [3.05, 3.63) is 41.9 Å². The molecule has 0 aliphatic rings. The predicted octanol–water partition coefficient (Wildman–Crippen LogP) is 2.74. The normalized spacial score (nSPS) is 11.3. The number of halogens is 3. The summed E-state index contributed by atoms with van der Waals surface area (Å²) in [4.78, 5) is 21.5. The van der Waals surface area contributed by atoms with Crippen LogP contribution in [-0.2, 0) is 6.18 Å². The van der Waals surface area contributed by atoms with E-state index < -0.39 is 17.8 Å². The lowest BCUT2D eigenvalue weighted by Gasteiger charge is -2.06. The van der Waals surface area contributed by atoms with Crippen molar-refractivity contribution in [1.29, 1.82) is 0 Å². The number of aromatic nitrogens is 3. The zero-order chi connectivity index (χ0) is 14.8. The molecule has 0 aromatic carbocycles. The molecule has 20 heavy (non-hydrogen) atoms. The van der Waals surface area contributed by atoms with Crippen LogP contribution in [0.15, 0.2) is 40.8 Å². The van der Waals surface area contributed by atoms with Gasteiger partial charge in [0.25, 0.3) is 0 Å². The highest BCUT2D eigenvalue weighted by atomic mass is 32.2. The van der Waals surface area contributed by atoms with Gasteiger partial charge in [0.2, 0.25) is 0 Å². The molecular weight excluding hydrogens is 295 g/mol. The molecule has 2 aromatic heterocycles. The molecule has 0 radical (unpaired) electrons. The highest BCUT2D eigenvalue weighted by Gasteiger charge is 2.32. The van der Waals surface area contributed by atoms with E-state index in [0.717, 1.165) is 30.2 Å². The van der Waals surface area contributed by atoms with E-state index in [1.165, 1.54) is 12.1 Å². The topological polar surface area (TPSA) is 76.0 Å². The molecule has 0 unspecified atom stereocenters. The Morgan fingerprint density at radius 1 is 1.20 bits per heavy atom. The van der Waals surface area contributed by atoms with Gasteiger partial charge < -0.3 is 5.11 Å². The molecule has 0 aliphatic heterocycles. The summed E-state index contributed by atoms with van der Waals surface area (Å²) in [6, 6.07) is 3.44. The molecule has 0 bridgehead atoms. The summed E-state index contributed by atoms with van der Waals surface area (Å²) in [5.74, 6) is -1.13. The molecule has 0 aliphatic carbocycles. The number of carbonyl (C=O) groups is 1. The monoisotopic (exact) mass is 301 g/mol. The number of rotatable bonds is 3. The van der Waals surface area contributed by atoms with Gasteiger partial charge in [0.1, 0.15) is 10.7 Å². The van der Waals surface area contributed by atoms with Crippen molar-refractivity contribution in [2.45, 2.75) is 16.4 Å². The van der Waals surface area contributed by atoms with Gasteiger partial charge >= 0.3 is 12.1 Å². The maximum atomic E-state index is 12.5. The van der Waals surface area contributed by atoms with Crippen LogP contribution in [0.4, 0.5) is 13.2 Å².